The van der Waals surface area contributed by atoms with Gasteiger partial charge in [-0.05, 0) is 30.0 Å². The number of aromatic nitrogens is 1. The lowest BCUT2D eigenvalue weighted by Gasteiger charge is -2.17. The van der Waals surface area contributed by atoms with Gasteiger partial charge < -0.3 is 10.1 Å². The number of carbonyl (C=O) groups is 1. The number of hydrogen-bond donors (Lipinski definition) is 2. The minimum absolute atomic E-state index is 0.208. The molecule has 0 aliphatic heterocycles. The number of aromatic carboxylic acids is 1. The number of carboxylic acid groups (broad SMARTS) is 1. The summed E-state index contributed by atoms with van der Waals surface area (Å²) in [5.74, 6) is -0.966. The Hall–Kier alpha value is -2.52. The maximum atomic E-state index is 11.8. The third-order valence-corrected chi connectivity index (χ3v) is 4.72. The highest BCUT2D eigenvalue weighted by Gasteiger charge is 2.28. The summed E-state index contributed by atoms with van der Waals surface area (Å²) in [6.07, 6.45) is 1.70. The van der Waals surface area contributed by atoms with E-state index < -0.39 is 5.97 Å². The Balaban J connectivity index is 2.04. The van der Waals surface area contributed by atoms with Gasteiger partial charge in [0.2, 0.25) is 0 Å². The molecule has 0 unspecified atom stereocenters. The van der Waals surface area contributed by atoms with Crippen LogP contribution in [0.1, 0.15) is 21.6 Å². The summed E-state index contributed by atoms with van der Waals surface area (Å²) < 4.78 is 0. The third-order valence-electron chi connectivity index (χ3n) is 4.39. The van der Waals surface area contributed by atoms with Crippen molar-refractivity contribution in [3.8, 4) is 22.4 Å². The quantitative estimate of drug-likeness (QED) is 0.711. The lowest BCUT2D eigenvalue weighted by molar-refractivity contribution is 0.0692. The molecule has 2 aromatic carbocycles. The van der Waals surface area contributed by atoms with Crippen LogP contribution < -0.4 is 0 Å². The predicted molar refractivity (Wildman–Crippen MR) is 91.0 cm³/mol. The number of halogens is 1. The fourth-order valence-electron chi connectivity index (χ4n) is 3.38. The van der Waals surface area contributed by atoms with Crippen molar-refractivity contribution in [1.82, 2.24) is 4.98 Å². The van der Waals surface area contributed by atoms with Gasteiger partial charge in [-0.2, -0.15) is 0 Å². The summed E-state index contributed by atoms with van der Waals surface area (Å²) in [5, 5.41) is 10.2. The Labute approximate surface area is 138 Å². The number of aromatic amines is 1. The van der Waals surface area contributed by atoms with Gasteiger partial charge >= 0.3 is 5.97 Å². The van der Waals surface area contributed by atoms with Gasteiger partial charge in [0.25, 0.3) is 0 Å². The molecule has 4 heteroatoms. The van der Waals surface area contributed by atoms with Gasteiger partial charge in [0.1, 0.15) is 5.69 Å². The topological polar surface area (TPSA) is 53.1 Å². The molecule has 1 aromatic heterocycles. The van der Waals surface area contributed by atoms with Crippen molar-refractivity contribution in [2.75, 3.05) is 0 Å². The lowest BCUT2D eigenvalue weighted by atomic mass is 9.87. The van der Waals surface area contributed by atoms with Crippen molar-refractivity contribution < 1.29 is 9.90 Å². The number of nitrogens with one attached hydrogen (secondary N) is 1. The lowest BCUT2D eigenvalue weighted by Crippen LogP contribution is -2.03. The molecule has 1 aliphatic rings. The van der Waals surface area contributed by atoms with Crippen LogP contribution in [-0.2, 0) is 12.8 Å². The van der Waals surface area contributed by atoms with Gasteiger partial charge in [-0.1, -0.05) is 54.1 Å². The highest BCUT2D eigenvalue weighted by atomic mass is 35.5. The van der Waals surface area contributed by atoms with Gasteiger partial charge in [-0.15, -0.1) is 0 Å². The molecule has 0 spiro atoms. The van der Waals surface area contributed by atoms with Crippen molar-refractivity contribution in [1.29, 1.82) is 0 Å². The van der Waals surface area contributed by atoms with E-state index >= 15 is 0 Å². The van der Waals surface area contributed by atoms with Crippen molar-refractivity contribution in [3.05, 3.63) is 70.4 Å². The molecule has 3 nitrogen and oxygen atoms in total. The highest BCUT2D eigenvalue weighted by molar-refractivity contribution is 6.33. The number of carboxylic acids is 1. The molecule has 0 radical (unpaired) electrons. The molecule has 2 N–H and O–H groups in total. The second-order valence-electron chi connectivity index (χ2n) is 5.67. The van der Waals surface area contributed by atoms with E-state index in [0.717, 1.165) is 35.2 Å². The first kappa shape index (κ1) is 14.1. The molecule has 0 bridgehead atoms. The van der Waals surface area contributed by atoms with E-state index in [-0.39, 0.29) is 5.69 Å². The molecular weight excluding hydrogens is 310 g/mol. The second kappa shape index (κ2) is 5.28. The van der Waals surface area contributed by atoms with Crippen LogP contribution in [0.5, 0.6) is 0 Å². The van der Waals surface area contributed by atoms with Crippen LogP contribution in [0.4, 0.5) is 0 Å². The van der Waals surface area contributed by atoms with Crippen molar-refractivity contribution in [2.24, 2.45) is 0 Å². The van der Waals surface area contributed by atoms with Crippen LogP contribution in [0.3, 0.4) is 0 Å². The summed E-state index contributed by atoms with van der Waals surface area (Å²) in [5.41, 5.74) is 5.95. The summed E-state index contributed by atoms with van der Waals surface area (Å²) in [4.78, 5) is 14.9. The van der Waals surface area contributed by atoms with Crippen LogP contribution in [-0.4, -0.2) is 16.1 Å². The Morgan fingerprint density at radius 1 is 1.00 bits per heavy atom. The minimum atomic E-state index is -0.966. The number of rotatable bonds is 2. The zero-order valence-electron chi connectivity index (χ0n) is 12.3. The molecule has 114 valence electrons. The number of fused-ring (bicyclic) bond motifs is 3. The Bertz CT molecular complexity index is 927. The third kappa shape index (κ3) is 2.16. The fourth-order valence-corrected chi connectivity index (χ4v) is 3.61. The molecule has 0 saturated heterocycles. The van der Waals surface area contributed by atoms with Crippen LogP contribution >= 0.6 is 11.6 Å². The van der Waals surface area contributed by atoms with E-state index in [1.54, 1.807) is 6.07 Å². The molecule has 1 aliphatic carbocycles. The fraction of sp³-hybridized carbons (Fsp3) is 0.105. The van der Waals surface area contributed by atoms with Gasteiger partial charge in [0.05, 0.1) is 5.69 Å². The number of benzene rings is 2. The zero-order chi connectivity index (χ0) is 16.0. The van der Waals surface area contributed by atoms with Crippen molar-refractivity contribution in [3.63, 3.8) is 0 Å². The first-order valence-corrected chi connectivity index (χ1v) is 7.86. The Morgan fingerprint density at radius 2 is 1.70 bits per heavy atom. The molecule has 3 aromatic rings. The monoisotopic (exact) mass is 323 g/mol. The van der Waals surface area contributed by atoms with E-state index in [2.05, 4.69) is 11.1 Å². The van der Waals surface area contributed by atoms with E-state index in [1.807, 2.05) is 36.4 Å². The zero-order valence-corrected chi connectivity index (χ0v) is 13.0. The molecular formula is C19H14ClNO2. The molecule has 0 fully saturated rings. The van der Waals surface area contributed by atoms with E-state index in [9.17, 15) is 9.90 Å². The molecule has 1 heterocycles. The number of aryl methyl sites for hydroxylation is 1. The van der Waals surface area contributed by atoms with Gasteiger partial charge in [-0.25, -0.2) is 4.79 Å². The maximum Gasteiger partial charge on any atom is 0.352 e. The van der Waals surface area contributed by atoms with Gasteiger partial charge in [0, 0.05) is 21.7 Å². The van der Waals surface area contributed by atoms with E-state index in [1.165, 1.54) is 5.56 Å². The van der Waals surface area contributed by atoms with Crippen molar-refractivity contribution >= 4 is 17.6 Å². The van der Waals surface area contributed by atoms with Crippen LogP contribution in [0.2, 0.25) is 5.02 Å². The SMILES string of the molecule is O=C(O)c1[nH]c2c(c1-c1ccccc1Cl)CCc1ccccc1-2. The molecule has 0 atom stereocenters. The molecule has 23 heavy (non-hydrogen) atoms. The number of hydrogen-bond acceptors (Lipinski definition) is 1. The maximum absolute atomic E-state index is 11.8. The average molecular weight is 324 g/mol. The first-order chi connectivity index (χ1) is 11.2. The molecule has 0 saturated carbocycles. The van der Waals surface area contributed by atoms with Crippen LogP contribution in [0.15, 0.2) is 48.5 Å². The average Bonchev–Trinajstić information content (AvgIpc) is 2.95. The normalized spacial score (nSPS) is 12.6. The smallest absolute Gasteiger partial charge is 0.352 e. The Kier molecular flexibility index (Phi) is 3.24. The summed E-state index contributed by atoms with van der Waals surface area (Å²) >= 11 is 6.33. The summed E-state index contributed by atoms with van der Waals surface area (Å²) in [6.45, 7) is 0. The van der Waals surface area contributed by atoms with E-state index in [4.69, 9.17) is 11.6 Å². The molecule has 0 amide bonds. The van der Waals surface area contributed by atoms with Gasteiger partial charge in [-0.3, -0.25) is 0 Å². The highest BCUT2D eigenvalue weighted by Crippen LogP contribution is 2.42. The molecule has 4 rings (SSSR count). The Morgan fingerprint density at radius 3 is 2.43 bits per heavy atom. The van der Waals surface area contributed by atoms with Crippen molar-refractivity contribution in [2.45, 2.75) is 12.8 Å². The largest absolute Gasteiger partial charge is 0.477 e. The minimum Gasteiger partial charge on any atom is -0.477 e. The summed E-state index contributed by atoms with van der Waals surface area (Å²) in [7, 11) is 0. The van der Waals surface area contributed by atoms with Crippen LogP contribution in [0.25, 0.3) is 22.4 Å². The van der Waals surface area contributed by atoms with Crippen LogP contribution in [0, 0.1) is 0 Å². The van der Waals surface area contributed by atoms with Gasteiger partial charge in [0.15, 0.2) is 0 Å². The standard InChI is InChI=1S/C19H14ClNO2/c20-15-8-4-3-7-13(15)16-14-10-9-11-5-1-2-6-12(11)17(14)21-18(16)19(22)23/h1-8,21H,9-10H2,(H,22,23). The predicted octanol–water partition coefficient (Wildman–Crippen LogP) is 4.80. The summed E-state index contributed by atoms with van der Waals surface area (Å²) in [6, 6.07) is 15.5. The van der Waals surface area contributed by atoms with E-state index in [0.29, 0.717) is 10.6 Å². The second-order valence-corrected chi connectivity index (χ2v) is 6.08. The first-order valence-electron chi connectivity index (χ1n) is 7.48. The number of H-pyrrole nitrogens is 1.